The van der Waals surface area contributed by atoms with E-state index in [1.54, 1.807) is 24.4 Å². The summed E-state index contributed by atoms with van der Waals surface area (Å²) in [5.74, 6) is -2.99. The third-order valence-electron chi connectivity index (χ3n) is 4.74. The van der Waals surface area contributed by atoms with Gasteiger partial charge >= 0.3 is 0 Å². The van der Waals surface area contributed by atoms with Gasteiger partial charge in [-0.2, -0.15) is 0 Å². The van der Waals surface area contributed by atoms with Crippen LogP contribution < -0.4 is 5.32 Å². The van der Waals surface area contributed by atoms with Gasteiger partial charge in [-0.25, -0.2) is 18.2 Å². The number of hydrogen-bond acceptors (Lipinski definition) is 3. The highest BCUT2D eigenvalue weighted by atomic mass is 35.5. The lowest BCUT2D eigenvalue weighted by Gasteiger charge is -2.37. The Morgan fingerprint density at radius 3 is 2.29 bits per heavy atom. The average molecular weight is 457 g/mol. The number of nitrogens with one attached hydrogen (secondary N) is 1. The maximum Gasteiger partial charge on any atom is 0.272 e. The number of amides is 1. The van der Waals surface area contributed by atoms with E-state index in [0.29, 0.717) is 37.7 Å². The molecular weight excluding hydrogens is 429 g/mol. The van der Waals surface area contributed by atoms with Crippen LogP contribution >= 0.6 is 11.6 Å². The molecule has 1 aromatic carbocycles. The molecule has 1 amide bonds. The lowest BCUT2D eigenvalue weighted by molar-refractivity contribution is -0.134. The van der Waals surface area contributed by atoms with Gasteiger partial charge < -0.3 is 15.1 Å². The van der Waals surface area contributed by atoms with Gasteiger partial charge in [0.05, 0.1) is 5.70 Å². The molecule has 1 unspecified atom stereocenters. The van der Waals surface area contributed by atoms with Gasteiger partial charge in [0, 0.05) is 50.6 Å². The predicted molar refractivity (Wildman–Crippen MR) is 119 cm³/mol. The summed E-state index contributed by atoms with van der Waals surface area (Å²) in [7, 11) is 0. The Hall–Kier alpha value is -2.48. The molecule has 1 aliphatic heterocycles. The zero-order chi connectivity index (χ0) is 23.0. The fraction of sp³-hybridized carbons (Fsp3) is 0.455. The normalized spacial score (nSPS) is 17.3. The highest BCUT2D eigenvalue weighted by Gasteiger charge is 2.28. The van der Waals surface area contributed by atoms with Gasteiger partial charge in [-0.1, -0.05) is 42.8 Å². The van der Waals surface area contributed by atoms with Gasteiger partial charge in [-0.15, -0.1) is 0 Å². The lowest BCUT2D eigenvalue weighted by Crippen LogP contribution is -2.52. The zero-order valence-electron chi connectivity index (χ0n) is 17.9. The van der Waals surface area contributed by atoms with Crippen LogP contribution in [0.3, 0.4) is 0 Å². The number of hydrogen-bond donors (Lipinski definition) is 1. The van der Waals surface area contributed by atoms with Crippen LogP contribution in [0.15, 0.2) is 53.3 Å². The van der Waals surface area contributed by atoms with E-state index in [1.165, 1.54) is 17.0 Å². The van der Waals surface area contributed by atoms with Crippen LogP contribution in [-0.4, -0.2) is 53.4 Å². The fourth-order valence-corrected chi connectivity index (χ4v) is 3.29. The maximum atomic E-state index is 13.5. The molecule has 1 atom stereocenters. The van der Waals surface area contributed by atoms with E-state index in [9.17, 15) is 18.0 Å². The number of rotatable bonds is 7. The molecule has 1 aliphatic rings. The second kappa shape index (κ2) is 11.2. The fourth-order valence-electron chi connectivity index (χ4n) is 3.15. The van der Waals surface area contributed by atoms with Crippen LogP contribution in [-0.2, 0) is 10.7 Å². The molecule has 0 spiro atoms. The first kappa shape index (κ1) is 24.8. The quantitative estimate of drug-likeness (QED) is 0.352. The van der Waals surface area contributed by atoms with Crippen molar-refractivity contribution in [1.29, 1.82) is 0 Å². The van der Waals surface area contributed by atoms with Crippen LogP contribution in [0, 0.1) is 0 Å². The molecule has 1 N–H and O–H groups in total. The first-order valence-corrected chi connectivity index (χ1v) is 10.6. The Bertz CT molecular complexity index is 824. The van der Waals surface area contributed by atoms with Crippen molar-refractivity contribution in [3.8, 4) is 0 Å². The van der Waals surface area contributed by atoms with E-state index in [4.69, 9.17) is 11.6 Å². The van der Waals surface area contributed by atoms with Gasteiger partial charge in [-0.3, -0.25) is 4.79 Å². The van der Waals surface area contributed by atoms with Crippen LogP contribution in [0.4, 0.5) is 18.9 Å². The number of anilines is 1. The second-order valence-corrected chi connectivity index (χ2v) is 7.55. The van der Waals surface area contributed by atoms with Gasteiger partial charge in [0.25, 0.3) is 17.5 Å². The molecule has 1 heterocycles. The topological polar surface area (TPSA) is 47.9 Å². The van der Waals surface area contributed by atoms with Gasteiger partial charge in [0.2, 0.25) is 0 Å². The summed E-state index contributed by atoms with van der Waals surface area (Å²) in [5, 5.41) is 3.27. The number of carbonyl (C=O) groups is 1. The number of amidine groups is 1. The lowest BCUT2D eigenvalue weighted by atomic mass is 10.1. The third-order valence-corrected chi connectivity index (χ3v) is 4.93. The molecule has 0 aliphatic carbocycles. The number of benzene rings is 1. The Morgan fingerprint density at radius 1 is 1.23 bits per heavy atom. The summed E-state index contributed by atoms with van der Waals surface area (Å²) in [5.41, 5.74) is -0.735. The second-order valence-electron chi connectivity index (χ2n) is 7.16. The number of carbonyl (C=O) groups excluding carboxylic acids is 1. The van der Waals surface area contributed by atoms with E-state index >= 15 is 0 Å². The van der Waals surface area contributed by atoms with Crippen LogP contribution in [0.5, 0.6) is 0 Å². The van der Waals surface area contributed by atoms with Crippen molar-refractivity contribution in [3.63, 3.8) is 0 Å². The Kier molecular flexibility index (Phi) is 8.98. The summed E-state index contributed by atoms with van der Waals surface area (Å²) in [4.78, 5) is 19.7. The van der Waals surface area contributed by atoms with Crippen LogP contribution in [0.2, 0.25) is 0 Å². The zero-order valence-corrected chi connectivity index (χ0v) is 18.7. The molecule has 31 heavy (non-hydrogen) atoms. The summed E-state index contributed by atoms with van der Waals surface area (Å²) < 4.78 is 40.1. The monoisotopic (exact) mass is 456 g/mol. The summed E-state index contributed by atoms with van der Waals surface area (Å²) in [6.45, 7) is 6.24. The van der Waals surface area contributed by atoms with Gasteiger partial charge in [0.15, 0.2) is 5.84 Å². The van der Waals surface area contributed by atoms with Gasteiger partial charge in [-0.05, 0) is 25.5 Å². The first-order chi connectivity index (χ1) is 14.7. The molecule has 9 heteroatoms. The molecule has 1 aromatic rings. The molecule has 0 radical (unpaired) electrons. The predicted octanol–water partition coefficient (Wildman–Crippen LogP) is 5.11. The summed E-state index contributed by atoms with van der Waals surface area (Å²) >= 11 is 5.28. The molecule has 5 nitrogen and oxygen atoms in total. The number of piperazine rings is 1. The summed E-state index contributed by atoms with van der Waals surface area (Å²) in [6, 6.07) is 5.97. The Labute approximate surface area is 186 Å². The molecule has 1 fully saturated rings. The number of alkyl halides is 4. The third kappa shape index (κ3) is 7.02. The van der Waals surface area contributed by atoms with Crippen LogP contribution in [0.1, 0.15) is 32.8 Å². The standard InChI is InChI=1S/C22H28ClF3N4O/c1-4-6-18(28-17-9-7-16(8-10-17)22(3,25)26)20(27-11-5-2)29-12-14-30(15-13-29)21(31)19(23)24/h5-11,19,28H,4,12-15H2,1-3H3/b11-5-,18-6-,27-20-. The SMILES string of the molecule is C\C=C/N=C(/C(=C/CC)Nc1ccc(C(C)(F)F)cc1)N1CCN(C(=O)C(F)Cl)CC1. The van der Waals surface area contributed by atoms with E-state index < -0.39 is 17.5 Å². The highest BCUT2D eigenvalue weighted by molar-refractivity contribution is 6.29. The largest absolute Gasteiger partial charge is 0.353 e. The highest BCUT2D eigenvalue weighted by Crippen LogP contribution is 2.28. The van der Waals surface area contributed by atoms with Gasteiger partial charge in [0.1, 0.15) is 0 Å². The number of allylic oxidation sites excluding steroid dienone is 2. The van der Waals surface area contributed by atoms with E-state index in [-0.39, 0.29) is 5.56 Å². The average Bonchev–Trinajstić information content (AvgIpc) is 2.73. The molecule has 1 saturated heterocycles. The molecule has 2 rings (SSSR count). The van der Waals surface area contributed by atoms with Crippen molar-refractivity contribution in [2.24, 2.45) is 4.99 Å². The number of nitrogens with zero attached hydrogens (tertiary/aromatic N) is 3. The molecule has 170 valence electrons. The maximum absolute atomic E-state index is 13.5. The summed E-state index contributed by atoms with van der Waals surface area (Å²) in [6.07, 6.45) is 6.13. The Balaban J connectivity index is 2.22. The minimum absolute atomic E-state index is 0.0619. The van der Waals surface area contributed by atoms with Crippen molar-refractivity contribution < 1.29 is 18.0 Å². The molecule has 0 saturated carbocycles. The van der Waals surface area contributed by atoms with Crippen molar-refractivity contribution in [2.75, 3.05) is 31.5 Å². The molecular formula is C22H28ClF3N4O. The minimum atomic E-state index is -2.90. The van der Waals surface area contributed by atoms with E-state index in [0.717, 1.165) is 19.0 Å². The Morgan fingerprint density at radius 2 is 1.81 bits per heavy atom. The smallest absolute Gasteiger partial charge is 0.272 e. The number of halogens is 4. The van der Waals surface area contributed by atoms with Crippen molar-refractivity contribution in [3.05, 3.63) is 53.9 Å². The van der Waals surface area contributed by atoms with E-state index in [1.807, 2.05) is 24.8 Å². The van der Waals surface area contributed by atoms with Crippen LogP contribution in [0.25, 0.3) is 0 Å². The van der Waals surface area contributed by atoms with E-state index in [2.05, 4.69) is 10.3 Å². The molecule has 0 aromatic heterocycles. The van der Waals surface area contributed by atoms with Crippen molar-refractivity contribution in [1.82, 2.24) is 9.80 Å². The number of aliphatic imine (C=N–C) groups is 1. The van der Waals surface area contributed by atoms with Crippen molar-refractivity contribution >= 4 is 29.0 Å². The minimum Gasteiger partial charge on any atom is -0.353 e. The molecule has 0 bridgehead atoms. The first-order valence-electron chi connectivity index (χ1n) is 10.1. The van der Waals surface area contributed by atoms with Crippen molar-refractivity contribution in [2.45, 2.75) is 38.7 Å².